The summed E-state index contributed by atoms with van der Waals surface area (Å²) in [6, 6.07) is 9.13. The molecular formula is C13H14F3NO4. The Kier molecular flexibility index (Phi) is 4.81. The second-order valence-corrected chi connectivity index (χ2v) is 4.63. The van der Waals surface area contributed by atoms with Crippen LogP contribution >= 0.6 is 0 Å². The standard InChI is InChI=1S/C13H14F3NO4/c14-13(15,16)12(19)21-17-6-10(18)11(7-17)20-8-9-4-2-1-3-5-9/h1-5,10-11,18H,6-8H2. The lowest BCUT2D eigenvalue weighted by atomic mass is 10.2. The molecule has 2 atom stereocenters. The zero-order chi connectivity index (χ0) is 15.5. The second-order valence-electron chi connectivity index (χ2n) is 4.63. The molecule has 8 heteroatoms. The van der Waals surface area contributed by atoms with E-state index in [4.69, 9.17) is 4.74 Å². The van der Waals surface area contributed by atoms with E-state index in [1.807, 2.05) is 30.3 Å². The first-order chi connectivity index (χ1) is 9.86. The van der Waals surface area contributed by atoms with Crippen molar-refractivity contribution in [1.29, 1.82) is 0 Å². The lowest BCUT2D eigenvalue weighted by molar-refractivity contribution is -0.236. The molecule has 0 radical (unpaired) electrons. The number of rotatable bonds is 4. The predicted molar refractivity (Wildman–Crippen MR) is 64.7 cm³/mol. The largest absolute Gasteiger partial charge is 0.492 e. The summed E-state index contributed by atoms with van der Waals surface area (Å²) in [5.41, 5.74) is 0.871. The number of hydrogen-bond acceptors (Lipinski definition) is 5. The maximum absolute atomic E-state index is 12.1. The lowest BCUT2D eigenvalue weighted by Crippen LogP contribution is -2.34. The maximum Gasteiger partial charge on any atom is 0.492 e. The van der Waals surface area contributed by atoms with Crippen LogP contribution in [0.25, 0.3) is 0 Å². The van der Waals surface area contributed by atoms with Crippen molar-refractivity contribution < 1.29 is 32.6 Å². The van der Waals surface area contributed by atoms with Crippen molar-refractivity contribution in [2.75, 3.05) is 13.1 Å². The molecule has 1 heterocycles. The third kappa shape index (κ3) is 4.42. The normalized spacial score (nSPS) is 23.2. The fourth-order valence-electron chi connectivity index (χ4n) is 1.91. The molecule has 1 aromatic rings. The Hall–Kier alpha value is -1.64. The first kappa shape index (κ1) is 15.7. The summed E-state index contributed by atoms with van der Waals surface area (Å²) >= 11 is 0. The molecule has 5 nitrogen and oxygen atoms in total. The van der Waals surface area contributed by atoms with Gasteiger partial charge in [0.15, 0.2) is 0 Å². The molecule has 1 aromatic carbocycles. The number of ether oxygens (including phenoxy) is 1. The summed E-state index contributed by atoms with van der Waals surface area (Å²) in [7, 11) is 0. The highest BCUT2D eigenvalue weighted by atomic mass is 19.4. The van der Waals surface area contributed by atoms with Gasteiger partial charge in [-0.25, -0.2) is 4.79 Å². The Balaban J connectivity index is 1.82. The number of nitrogens with zero attached hydrogens (tertiary/aromatic N) is 1. The Morgan fingerprint density at radius 3 is 2.57 bits per heavy atom. The van der Waals surface area contributed by atoms with E-state index in [0.717, 1.165) is 10.6 Å². The van der Waals surface area contributed by atoms with Crippen LogP contribution in [0.15, 0.2) is 30.3 Å². The number of hydrogen-bond donors (Lipinski definition) is 1. The fraction of sp³-hybridized carbons (Fsp3) is 0.462. The van der Waals surface area contributed by atoms with Gasteiger partial charge in [-0.15, -0.1) is 5.06 Å². The third-order valence-electron chi connectivity index (χ3n) is 2.95. The van der Waals surface area contributed by atoms with Crippen molar-refractivity contribution in [2.45, 2.75) is 25.0 Å². The molecule has 1 aliphatic rings. The molecule has 21 heavy (non-hydrogen) atoms. The molecule has 0 saturated carbocycles. The van der Waals surface area contributed by atoms with E-state index in [-0.39, 0.29) is 19.7 Å². The topological polar surface area (TPSA) is 59.0 Å². The average Bonchev–Trinajstić information content (AvgIpc) is 2.76. The molecular weight excluding hydrogens is 291 g/mol. The maximum atomic E-state index is 12.1. The quantitative estimate of drug-likeness (QED) is 0.908. The number of benzene rings is 1. The molecule has 0 aromatic heterocycles. The molecule has 1 saturated heterocycles. The van der Waals surface area contributed by atoms with Crippen molar-refractivity contribution in [3.63, 3.8) is 0 Å². The van der Waals surface area contributed by atoms with Gasteiger partial charge in [0.25, 0.3) is 0 Å². The molecule has 1 N–H and O–H groups in total. The van der Waals surface area contributed by atoms with Crippen LogP contribution in [-0.4, -0.2) is 47.6 Å². The SMILES string of the molecule is O=C(ON1CC(O)C(OCc2ccccc2)C1)C(F)(F)F. The van der Waals surface area contributed by atoms with Crippen LogP contribution in [0.2, 0.25) is 0 Å². The summed E-state index contributed by atoms with van der Waals surface area (Å²) in [4.78, 5) is 14.9. The van der Waals surface area contributed by atoms with E-state index in [0.29, 0.717) is 0 Å². The Morgan fingerprint density at radius 2 is 1.95 bits per heavy atom. The molecule has 0 bridgehead atoms. The van der Waals surface area contributed by atoms with Crippen molar-refractivity contribution in [3.05, 3.63) is 35.9 Å². The Bertz CT molecular complexity index is 480. The van der Waals surface area contributed by atoms with Gasteiger partial charge in [-0.2, -0.15) is 13.2 Å². The summed E-state index contributed by atoms with van der Waals surface area (Å²) in [6.07, 6.45) is -6.80. The molecule has 2 unspecified atom stereocenters. The van der Waals surface area contributed by atoms with E-state index in [2.05, 4.69) is 4.84 Å². The smallest absolute Gasteiger partial charge is 0.389 e. The van der Waals surface area contributed by atoms with Crippen molar-refractivity contribution >= 4 is 5.97 Å². The van der Waals surface area contributed by atoms with Crippen LogP contribution < -0.4 is 0 Å². The number of carbonyl (C=O) groups excluding carboxylic acids is 1. The van der Waals surface area contributed by atoms with Gasteiger partial charge in [-0.05, 0) is 5.56 Å². The van der Waals surface area contributed by atoms with Crippen LogP contribution in [0.3, 0.4) is 0 Å². The van der Waals surface area contributed by atoms with Gasteiger partial charge in [-0.1, -0.05) is 30.3 Å². The minimum absolute atomic E-state index is 0.115. The fourth-order valence-corrected chi connectivity index (χ4v) is 1.91. The van der Waals surface area contributed by atoms with E-state index in [9.17, 15) is 23.1 Å². The lowest BCUT2D eigenvalue weighted by Gasteiger charge is -2.16. The summed E-state index contributed by atoms with van der Waals surface area (Å²) in [5, 5.41) is 10.5. The van der Waals surface area contributed by atoms with E-state index in [1.54, 1.807) is 0 Å². The number of aliphatic hydroxyl groups excluding tert-OH is 1. The van der Waals surface area contributed by atoms with E-state index < -0.39 is 24.4 Å². The zero-order valence-corrected chi connectivity index (χ0v) is 10.9. The van der Waals surface area contributed by atoms with Gasteiger partial charge in [0.2, 0.25) is 0 Å². The number of hydroxylamine groups is 2. The van der Waals surface area contributed by atoms with Gasteiger partial charge in [0.1, 0.15) is 6.10 Å². The average molecular weight is 305 g/mol. The van der Waals surface area contributed by atoms with Gasteiger partial charge >= 0.3 is 12.1 Å². The first-order valence-corrected chi connectivity index (χ1v) is 6.24. The van der Waals surface area contributed by atoms with Gasteiger partial charge in [-0.3, -0.25) is 0 Å². The van der Waals surface area contributed by atoms with Crippen LogP contribution in [0.5, 0.6) is 0 Å². The molecule has 1 fully saturated rings. The summed E-state index contributed by atoms with van der Waals surface area (Å²) < 4.78 is 41.6. The Morgan fingerprint density at radius 1 is 1.29 bits per heavy atom. The molecule has 0 spiro atoms. The molecule has 2 rings (SSSR count). The number of aliphatic hydroxyl groups is 1. The van der Waals surface area contributed by atoms with Crippen molar-refractivity contribution in [3.8, 4) is 0 Å². The molecule has 0 amide bonds. The highest BCUT2D eigenvalue weighted by Gasteiger charge is 2.44. The first-order valence-electron chi connectivity index (χ1n) is 6.24. The van der Waals surface area contributed by atoms with Crippen LogP contribution in [0, 0.1) is 0 Å². The summed E-state index contributed by atoms with van der Waals surface area (Å²) in [5.74, 6) is -2.31. The van der Waals surface area contributed by atoms with E-state index in [1.165, 1.54) is 0 Å². The number of β-amino-alcohol motifs (C(OH)–C–C–N with tert-alkyl or cyclic N) is 1. The van der Waals surface area contributed by atoms with Gasteiger partial charge in [0.05, 0.1) is 25.8 Å². The summed E-state index contributed by atoms with van der Waals surface area (Å²) in [6.45, 7) is -0.124. The monoisotopic (exact) mass is 305 g/mol. The van der Waals surface area contributed by atoms with Crippen LogP contribution in [-0.2, 0) is 21.0 Å². The van der Waals surface area contributed by atoms with Gasteiger partial charge in [0, 0.05) is 0 Å². The number of halogens is 3. The highest BCUT2D eigenvalue weighted by Crippen LogP contribution is 2.21. The van der Waals surface area contributed by atoms with Gasteiger partial charge < -0.3 is 14.7 Å². The minimum atomic E-state index is -5.06. The Labute approximate surface area is 118 Å². The minimum Gasteiger partial charge on any atom is -0.389 e. The van der Waals surface area contributed by atoms with Crippen LogP contribution in [0.1, 0.15) is 5.56 Å². The third-order valence-corrected chi connectivity index (χ3v) is 2.95. The number of carbonyl (C=O) groups is 1. The molecule has 1 aliphatic heterocycles. The predicted octanol–water partition coefficient (Wildman–Crippen LogP) is 1.27. The van der Waals surface area contributed by atoms with Crippen LogP contribution in [0.4, 0.5) is 13.2 Å². The zero-order valence-electron chi connectivity index (χ0n) is 10.9. The van der Waals surface area contributed by atoms with Crippen molar-refractivity contribution in [1.82, 2.24) is 5.06 Å². The second kappa shape index (κ2) is 6.42. The van der Waals surface area contributed by atoms with Crippen molar-refractivity contribution in [2.24, 2.45) is 0 Å². The molecule has 0 aliphatic carbocycles. The highest BCUT2D eigenvalue weighted by molar-refractivity contribution is 5.75. The molecule has 116 valence electrons. The number of alkyl halides is 3. The van der Waals surface area contributed by atoms with E-state index >= 15 is 0 Å².